The molecular formula is C11H10F3N3S. The molecular weight excluding hydrogens is 263 g/mol. The maximum Gasteiger partial charge on any atom is 0.433 e. The minimum Gasteiger partial charge on any atom is -0.375 e. The highest BCUT2D eigenvalue weighted by atomic mass is 32.1. The van der Waals surface area contributed by atoms with Crippen LogP contribution in [0.3, 0.4) is 0 Å². The summed E-state index contributed by atoms with van der Waals surface area (Å²) in [6, 6.07) is 2.25. The van der Waals surface area contributed by atoms with Crippen molar-refractivity contribution in [3.63, 3.8) is 0 Å². The number of rotatable bonds is 3. The Morgan fingerprint density at radius 3 is 2.56 bits per heavy atom. The number of nitrogens with zero attached hydrogens (tertiary/aromatic N) is 2. The maximum absolute atomic E-state index is 12.3. The predicted octanol–water partition coefficient (Wildman–Crippen LogP) is 3.73. The molecule has 1 unspecified atom stereocenters. The van der Waals surface area contributed by atoms with Gasteiger partial charge in [0.15, 0.2) is 0 Å². The number of anilines is 1. The van der Waals surface area contributed by atoms with Crippen molar-refractivity contribution in [3.8, 4) is 0 Å². The summed E-state index contributed by atoms with van der Waals surface area (Å²) >= 11 is 1.48. The van der Waals surface area contributed by atoms with Crippen LogP contribution in [0.25, 0.3) is 0 Å². The third kappa shape index (κ3) is 2.98. The predicted molar refractivity (Wildman–Crippen MR) is 63.4 cm³/mol. The number of hydrogen-bond donors (Lipinski definition) is 1. The molecule has 0 saturated heterocycles. The fourth-order valence-corrected chi connectivity index (χ4v) is 2.05. The SMILES string of the molecule is CC(Nc1ccc(C(F)(F)F)nc1)c1nccs1. The van der Waals surface area contributed by atoms with Gasteiger partial charge in [-0.3, -0.25) is 0 Å². The molecule has 0 aliphatic rings. The minimum absolute atomic E-state index is 0.0662. The van der Waals surface area contributed by atoms with Gasteiger partial charge in [-0.15, -0.1) is 11.3 Å². The Kier molecular flexibility index (Phi) is 3.51. The van der Waals surface area contributed by atoms with Gasteiger partial charge in [-0.2, -0.15) is 13.2 Å². The average molecular weight is 273 g/mol. The van der Waals surface area contributed by atoms with Crippen LogP contribution in [0.4, 0.5) is 18.9 Å². The summed E-state index contributed by atoms with van der Waals surface area (Å²) in [5.74, 6) is 0. The quantitative estimate of drug-likeness (QED) is 0.926. The molecule has 18 heavy (non-hydrogen) atoms. The molecule has 2 heterocycles. The van der Waals surface area contributed by atoms with Crippen molar-refractivity contribution in [2.45, 2.75) is 19.1 Å². The summed E-state index contributed by atoms with van der Waals surface area (Å²) in [4.78, 5) is 7.50. The zero-order chi connectivity index (χ0) is 13.2. The van der Waals surface area contributed by atoms with Gasteiger partial charge in [-0.25, -0.2) is 9.97 Å². The van der Waals surface area contributed by atoms with E-state index in [-0.39, 0.29) is 6.04 Å². The largest absolute Gasteiger partial charge is 0.433 e. The monoisotopic (exact) mass is 273 g/mol. The standard InChI is InChI=1S/C11H10F3N3S/c1-7(10-15-4-5-18-10)17-8-2-3-9(16-6-8)11(12,13)14/h2-7,17H,1H3. The molecule has 1 N–H and O–H groups in total. The van der Waals surface area contributed by atoms with Crippen molar-refractivity contribution in [1.82, 2.24) is 9.97 Å². The highest BCUT2D eigenvalue weighted by Gasteiger charge is 2.32. The second kappa shape index (κ2) is 4.93. The molecule has 2 rings (SSSR count). The summed E-state index contributed by atoms with van der Waals surface area (Å²) in [5.41, 5.74) is -0.361. The second-order valence-electron chi connectivity index (χ2n) is 3.67. The summed E-state index contributed by atoms with van der Waals surface area (Å²) in [6.45, 7) is 1.89. The molecule has 0 amide bonds. The first kappa shape index (κ1) is 12.8. The van der Waals surface area contributed by atoms with E-state index in [2.05, 4.69) is 15.3 Å². The molecule has 1 atom stereocenters. The molecule has 0 aliphatic carbocycles. The van der Waals surface area contributed by atoms with Crippen LogP contribution in [0.15, 0.2) is 29.9 Å². The van der Waals surface area contributed by atoms with E-state index in [1.165, 1.54) is 23.6 Å². The van der Waals surface area contributed by atoms with Gasteiger partial charge in [0.25, 0.3) is 0 Å². The van der Waals surface area contributed by atoms with Crippen molar-refractivity contribution in [2.75, 3.05) is 5.32 Å². The number of alkyl halides is 3. The van der Waals surface area contributed by atoms with Gasteiger partial charge in [0, 0.05) is 11.6 Å². The molecule has 2 aromatic heterocycles. The zero-order valence-electron chi connectivity index (χ0n) is 9.40. The fraction of sp³-hybridized carbons (Fsp3) is 0.273. The van der Waals surface area contributed by atoms with Crippen LogP contribution in [0.2, 0.25) is 0 Å². The van der Waals surface area contributed by atoms with Gasteiger partial charge in [0.1, 0.15) is 10.7 Å². The molecule has 96 valence electrons. The maximum atomic E-state index is 12.3. The van der Waals surface area contributed by atoms with E-state index in [0.29, 0.717) is 5.69 Å². The van der Waals surface area contributed by atoms with Gasteiger partial charge < -0.3 is 5.32 Å². The van der Waals surface area contributed by atoms with E-state index in [1.54, 1.807) is 6.20 Å². The van der Waals surface area contributed by atoms with E-state index in [9.17, 15) is 13.2 Å². The highest BCUT2D eigenvalue weighted by molar-refractivity contribution is 7.09. The average Bonchev–Trinajstić information content (AvgIpc) is 2.82. The Bertz CT molecular complexity index is 493. The number of aromatic nitrogens is 2. The van der Waals surface area contributed by atoms with Crippen LogP contribution in [0.1, 0.15) is 23.7 Å². The Morgan fingerprint density at radius 2 is 2.06 bits per heavy atom. The second-order valence-corrected chi connectivity index (χ2v) is 4.59. The van der Waals surface area contributed by atoms with Crippen molar-refractivity contribution in [1.29, 1.82) is 0 Å². The van der Waals surface area contributed by atoms with Crippen LogP contribution in [-0.2, 0) is 6.18 Å². The van der Waals surface area contributed by atoms with E-state index < -0.39 is 11.9 Å². The Balaban J connectivity index is 2.07. The van der Waals surface area contributed by atoms with Crippen LogP contribution in [-0.4, -0.2) is 9.97 Å². The van der Waals surface area contributed by atoms with Crippen LogP contribution in [0, 0.1) is 0 Å². The lowest BCUT2D eigenvalue weighted by Gasteiger charge is -2.13. The molecule has 0 radical (unpaired) electrons. The highest BCUT2D eigenvalue weighted by Crippen LogP contribution is 2.28. The number of nitrogens with one attached hydrogen (secondary N) is 1. The van der Waals surface area contributed by atoms with Crippen molar-refractivity contribution >= 4 is 17.0 Å². The lowest BCUT2D eigenvalue weighted by Crippen LogP contribution is -2.10. The van der Waals surface area contributed by atoms with Gasteiger partial charge >= 0.3 is 6.18 Å². The molecule has 0 fully saturated rings. The lowest BCUT2D eigenvalue weighted by molar-refractivity contribution is -0.141. The first-order valence-corrected chi connectivity index (χ1v) is 6.04. The van der Waals surface area contributed by atoms with Crippen LogP contribution in [0.5, 0.6) is 0 Å². The Labute approximate surface area is 106 Å². The lowest BCUT2D eigenvalue weighted by atomic mass is 10.3. The fourth-order valence-electron chi connectivity index (χ4n) is 1.41. The smallest absolute Gasteiger partial charge is 0.375 e. The van der Waals surface area contributed by atoms with E-state index in [1.807, 2.05) is 12.3 Å². The topological polar surface area (TPSA) is 37.8 Å². The summed E-state index contributed by atoms with van der Waals surface area (Å²) in [5, 5.41) is 5.76. The number of hydrogen-bond acceptors (Lipinski definition) is 4. The minimum atomic E-state index is -4.40. The third-order valence-electron chi connectivity index (χ3n) is 2.26. The number of pyridine rings is 1. The molecule has 7 heteroatoms. The van der Waals surface area contributed by atoms with Gasteiger partial charge in [-0.1, -0.05) is 0 Å². The van der Waals surface area contributed by atoms with Crippen molar-refractivity contribution in [3.05, 3.63) is 40.6 Å². The number of halogens is 3. The van der Waals surface area contributed by atoms with Crippen LogP contribution < -0.4 is 5.32 Å². The molecule has 3 nitrogen and oxygen atoms in total. The van der Waals surface area contributed by atoms with Gasteiger partial charge in [0.2, 0.25) is 0 Å². The van der Waals surface area contributed by atoms with Gasteiger partial charge in [0.05, 0.1) is 17.9 Å². The van der Waals surface area contributed by atoms with Crippen molar-refractivity contribution < 1.29 is 13.2 Å². The molecule has 0 aromatic carbocycles. The number of thiazole rings is 1. The first-order chi connectivity index (χ1) is 8.47. The zero-order valence-corrected chi connectivity index (χ0v) is 10.2. The Hall–Kier alpha value is -1.63. The van der Waals surface area contributed by atoms with Crippen molar-refractivity contribution in [2.24, 2.45) is 0 Å². The van der Waals surface area contributed by atoms with Gasteiger partial charge in [-0.05, 0) is 19.1 Å². The van der Waals surface area contributed by atoms with Crippen LogP contribution >= 0.6 is 11.3 Å². The molecule has 0 spiro atoms. The summed E-state index contributed by atoms with van der Waals surface area (Å²) < 4.78 is 36.9. The molecule has 0 saturated carbocycles. The summed E-state index contributed by atoms with van der Waals surface area (Å²) in [6.07, 6.45) is -1.55. The molecule has 0 aliphatic heterocycles. The normalized spacial score (nSPS) is 13.3. The molecule has 0 bridgehead atoms. The van der Waals surface area contributed by atoms with E-state index in [0.717, 1.165) is 11.1 Å². The Morgan fingerprint density at radius 1 is 1.28 bits per heavy atom. The summed E-state index contributed by atoms with van der Waals surface area (Å²) in [7, 11) is 0. The van der Waals surface area contributed by atoms with E-state index in [4.69, 9.17) is 0 Å². The molecule has 2 aromatic rings. The van der Waals surface area contributed by atoms with E-state index >= 15 is 0 Å². The first-order valence-electron chi connectivity index (χ1n) is 5.16. The third-order valence-corrected chi connectivity index (χ3v) is 3.22.